The van der Waals surface area contributed by atoms with Gasteiger partial charge in [-0.2, -0.15) is 5.10 Å². The van der Waals surface area contributed by atoms with E-state index in [-0.39, 0.29) is 13.2 Å². The Morgan fingerprint density at radius 1 is 1.35 bits per heavy atom. The van der Waals surface area contributed by atoms with Gasteiger partial charge in [0.15, 0.2) is 0 Å². The van der Waals surface area contributed by atoms with Gasteiger partial charge in [0.05, 0.1) is 12.2 Å². The molecule has 0 unspecified atom stereocenters. The standard InChI is InChI=1S/C12H14FN3O/c13-5-7-16-9-10(4-8-17)12(15-16)11-3-1-2-6-14-11/h1-3,6,9,17H,4-5,7-8H2. The number of rotatable bonds is 5. The van der Waals surface area contributed by atoms with Crippen molar-refractivity contribution >= 4 is 0 Å². The number of nitrogens with zero attached hydrogens (tertiary/aromatic N) is 3. The Bertz CT molecular complexity index is 470. The molecule has 0 atom stereocenters. The molecular weight excluding hydrogens is 221 g/mol. The van der Waals surface area contributed by atoms with E-state index in [2.05, 4.69) is 10.1 Å². The second-order valence-electron chi connectivity index (χ2n) is 3.64. The Labute approximate surface area is 98.7 Å². The first-order valence-electron chi connectivity index (χ1n) is 5.49. The van der Waals surface area contributed by atoms with E-state index in [1.807, 2.05) is 18.2 Å². The maximum Gasteiger partial charge on any atom is 0.114 e. The molecule has 90 valence electrons. The highest BCUT2D eigenvalue weighted by atomic mass is 19.1. The SMILES string of the molecule is OCCc1cn(CCF)nc1-c1ccccn1. The third kappa shape index (κ3) is 2.68. The van der Waals surface area contributed by atoms with Crippen LogP contribution in [0.3, 0.4) is 0 Å². The van der Waals surface area contributed by atoms with Gasteiger partial charge >= 0.3 is 0 Å². The molecular formula is C12H14FN3O. The highest BCUT2D eigenvalue weighted by molar-refractivity contribution is 5.58. The molecule has 0 aromatic carbocycles. The molecule has 2 aromatic heterocycles. The predicted octanol–water partition coefficient (Wildman–Crippen LogP) is 1.45. The molecule has 0 saturated heterocycles. The summed E-state index contributed by atoms with van der Waals surface area (Å²) in [4.78, 5) is 4.21. The van der Waals surface area contributed by atoms with E-state index < -0.39 is 6.67 Å². The lowest BCUT2D eigenvalue weighted by Crippen LogP contribution is -1.99. The Hall–Kier alpha value is -1.75. The maximum absolute atomic E-state index is 12.3. The van der Waals surface area contributed by atoms with Crippen molar-refractivity contribution in [2.45, 2.75) is 13.0 Å². The fourth-order valence-electron chi connectivity index (χ4n) is 1.69. The van der Waals surface area contributed by atoms with Crippen LogP contribution in [0.1, 0.15) is 5.56 Å². The van der Waals surface area contributed by atoms with Crippen LogP contribution in [0.4, 0.5) is 4.39 Å². The Kier molecular flexibility index (Phi) is 3.82. The summed E-state index contributed by atoms with van der Waals surface area (Å²) in [5, 5.41) is 13.3. The summed E-state index contributed by atoms with van der Waals surface area (Å²) in [7, 11) is 0. The molecule has 0 spiro atoms. The number of hydrogen-bond acceptors (Lipinski definition) is 3. The van der Waals surface area contributed by atoms with Crippen molar-refractivity contribution < 1.29 is 9.50 Å². The molecule has 2 heterocycles. The Morgan fingerprint density at radius 2 is 2.24 bits per heavy atom. The minimum Gasteiger partial charge on any atom is -0.396 e. The topological polar surface area (TPSA) is 50.9 Å². The van der Waals surface area contributed by atoms with Crippen LogP contribution in [0.5, 0.6) is 0 Å². The molecule has 0 aliphatic heterocycles. The van der Waals surface area contributed by atoms with Crippen LogP contribution in [0, 0.1) is 0 Å². The lowest BCUT2D eigenvalue weighted by molar-refractivity contribution is 0.299. The van der Waals surface area contributed by atoms with E-state index in [0.717, 1.165) is 11.3 Å². The average Bonchev–Trinajstić information content (AvgIpc) is 2.74. The monoisotopic (exact) mass is 235 g/mol. The van der Waals surface area contributed by atoms with Gasteiger partial charge in [-0.05, 0) is 18.6 Å². The van der Waals surface area contributed by atoms with Crippen molar-refractivity contribution in [2.75, 3.05) is 13.3 Å². The molecule has 0 bridgehead atoms. The lowest BCUT2D eigenvalue weighted by atomic mass is 10.1. The minimum absolute atomic E-state index is 0.0428. The minimum atomic E-state index is -0.456. The summed E-state index contributed by atoms with van der Waals surface area (Å²) in [6.45, 7) is -0.186. The Balaban J connectivity index is 2.37. The van der Waals surface area contributed by atoms with Gasteiger partial charge < -0.3 is 5.11 Å². The van der Waals surface area contributed by atoms with Crippen molar-refractivity contribution in [2.24, 2.45) is 0 Å². The van der Waals surface area contributed by atoms with Crippen LogP contribution < -0.4 is 0 Å². The number of aliphatic hydroxyl groups is 1. The highest BCUT2D eigenvalue weighted by Crippen LogP contribution is 2.20. The normalized spacial score (nSPS) is 10.7. The average molecular weight is 235 g/mol. The van der Waals surface area contributed by atoms with E-state index in [4.69, 9.17) is 5.11 Å². The molecule has 17 heavy (non-hydrogen) atoms. The van der Waals surface area contributed by atoms with Gasteiger partial charge in [0.1, 0.15) is 12.4 Å². The fraction of sp³-hybridized carbons (Fsp3) is 0.333. The molecule has 5 heteroatoms. The maximum atomic E-state index is 12.3. The smallest absolute Gasteiger partial charge is 0.114 e. The molecule has 0 amide bonds. The van der Waals surface area contributed by atoms with Gasteiger partial charge in [0.2, 0.25) is 0 Å². The molecule has 0 fully saturated rings. The van der Waals surface area contributed by atoms with Gasteiger partial charge in [-0.15, -0.1) is 0 Å². The first kappa shape index (κ1) is 11.7. The zero-order valence-electron chi connectivity index (χ0n) is 9.38. The molecule has 0 radical (unpaired) electrons. The number of aliphatic hydroxyl groups excluding tert-OH is 1. The van der Waals surface area contributed by atoms with E-state index in [0.29, 0.717) is 12.1 Å². The van der Waals surface area contributed by atoms with Gasteiger partial charge in [-0.1, -0.05) is 6.07 Å². The second kappa shape index (κ2) is 5.54. The summed E-state index contributed by atoms with van der Waals surface area (Å²) < 4.78 is 13.8. The van der Waals surface area contributed by atoms with Crippen LogP contribution >= 0.6 is 0 Å². The largest absolute Gasteiger partial charge is 0.396 e. The number of aromatic nitrogens is 3. The zero-order chi connectivity index (χ0) is 12.1. The third-order valence-electron chi connectivity index (χ3n) is 2.44. The molecule has 0 saturated carbocycles. The van der Waals surface area contributed by atoms with Crippen molar-refractivity contribution in [1.82, 2.24) is 14.8 Å². The van der Waals surface area contributed by atoms with Gasteiger partial charge in [0.25, 0.3) is 0 Å². The van der Waals surface area contributed by atoms with Gasteiger partial charge in [-0.3, -0.25) is 9.67 Å². The Morgan fingerprint density at radius 3 is 2.88 bits per heavy atom. The summed E-state index contributed by atoms with van der Waals surface area (Å²) >= 11 is 0. The van der Waals surface area contributed by atoms with Crippen molar-refractivity contribution in [3.63, 3.8) is 0 Å². The van der Waals surface area contributed by atoms with E-state index in [1.54, 1.807) is 17.1 Å². The molecule has 0 aliphatic carbocycles. The quantitative estimate of drug-likeness (QED) is 0.853. The first-order chi connectivity index (χ1) is 8.35. The molecule has 2 aromatic rings. The third-order valence-corrected chi connectivity index (χ3v) is 2.44. The fourth-order valence-corrected chi connectivity index (χ4v) is 1.69. The van der Waals surface area contributed by atoms with E-state index in [1.165, 1.54) is 0 Å². The van der Waals surface area contributed by atoms with Crippen LogP contribution in [-0.4, -0.2) is 33.2 Å². The van der Waals surface area contributed by atoms with Crippen LogP contribution in [0.2, 0.25) is 0 Å². The number of alkyl halides is 1. The summed E-state index contributed by atoms with van der Waals surface area (Å²) in [5.74, 6) is 0. The molecule has 0 aliphatic rings. The first-order valence-corrected chi connectivity index (χ1v) is 5.49. The van der Waals surface area contributed by atoms with Crippen LogP contribution in [0.15, 0.2) is 30.6 Å². The van der Waals surface area contributed by atoms with Crippen LogP contribution in [-0.2, 0) is 13.0 Å². The summed E-state index contributed by atoms with van der Waals surface area (Å²) in [6.07, 6.45) is 3.95. The van der Waals surface area contributed by atoms with Gasteiger partial charge in [0, 0.05) is 24.6 Å². The summed E-state index contributed by atoms with van der Waals surface area (Å²) in [5.41, 5.74) is 2.35. The predicted molar refractivity (Wildman–Crippen MR) is 62.2 cm³/mol. The van der Waals surface area contributed by atoms with Gasteiger partial charge in [-0.25, -0.2) is 4.39 Å². The van der Waals surface area contributed by atoms with Crippen molar-refractivity contribution in [1.29, 1.82) is 0 Å². The second-order valence-corrected chi connectivity index (χ2v) is 3.64. The number of hydrogen-bond donors (Lipinski definition) is 1. The number of aryl methyl sites for hydroxylation is 1. The summed E-state index contributed by atoms with van der Waals surface area (Å²) in [6, 6.07) is 5.55. The van der Waals surface area contributed by atoms with Crippen molar-refractivity contribution in [3.05, 3.63) is 36.2 Å². The molecule has 4 nitrogen and oxygen atoms in total. The number of pyridine rings is 1. The molecule has 2 rings (SSSR count). The highest BCUT2D eigenvalue weighted by Gasteiger charge is 2.11. The lowest BCUT2D eigenvalue weighted by Gasteiger charge is -1.98. The zero-order valence-corrected chi connectivity index (χ0v) is 9.38. The van der Waals surface area contributed by atoms with Crippen molar-refractivity contribution in [3.8, 4) is 11.4 Å². The number of halogens is 1. The molecule has 1 N–H and O–H groups in total. The van der Waals surface area contributed by atoms with E-state index >= 15 is 0 Å². The van der Waals surface area contributed by atoms with E-state index in [9.17, 15) is 4.39 Å². The van der Waals surface area contributed by atoms with Crippen LogP contribution in [0.25, 0.3) is 11.4 Å².